The third-order valence-electron chi connectivity index (χ3n) is 8.43. The van der Waals surface area contributed by atoms with Crippen LogP contribution in [0.15, 0.2) is 0 Å². The smallest absolute Gasteiger partial charge is 0.139 e. The summed E-state index contributed by atoms with van der Waals surface area (Å²) in [7, 11) is 0. The van der Waals surface area contributed by atoms with Gasteiger partial charge in [0.25, 0.3) is 0 Å². The van der Waals surface area contributed by atoms with Gasteiger partial charge in [-0.05, 0) is 67.6 Å². The van der Waals surface area contributed by atoms with Crippen molar-refractivity contribution in [3.8, 4) is 0 Å². The van der Waals surface area contributed by atoms with Gasteiger partial charge in [0.15, 0.2) is 0 Å². The Morgan fingerprint density at radius 3 is 2.39 bits per heavy atom. The second-order valence-electron chi connectivity index (χ2n) is 9.23. The van der Waals surface area contributed by atoms with Crippen molar-refractivity contribution < 1.29 is 20.1 Å². The van der Waals surface area contributed by atoms with Gasteiger partial charge in [0, 0.05) is 11.8 Å². The summed E-state index contributed by atoms with van der Waals surface area (Å²) < 4.78 is 0. The fourth-order valence-corrected chi connectivity index (χ4v) is 7.01. The zero-order chi connectivity index (χ0) is 16.6. The highest BCUT2D eigenvalue weighted by Crippen LogP contribution is 2.65. The molecule has 0 aromatic rings. The number of rotatable bonds is 0. The summed E-state index contributed by atoms with van der Waals surface area (Å²) in [5.74, 6) is 0.940. The number of aliphatic hydroxyl groups excluding tert-OH is 3. The molecule has 4 aliphatic rings. The minimum Gasteiger partial charge on any atom is -0.393 e. The molecule has 0 saturated heterocycles. The van der Waals surface area contributed by atoms with Crippen molar-refractivity contribution in [1.29, 1.82) is 0 Å². The lowest BCUT2D eigenvalue weighted by Gasteiger charge is -2.62. The Balaban J connectivity index is 1.73. The quantitative estimate of drug-likeness (QED) is 0.636. The molecule has 4 heteroatoms. The van der Waals surface area contributed by atoms with Crippen LogP contribution in [0.25, 0.3) is 0 Å². The average Bonchev–Trinajstić information content (AvgIpc) is 2.82. The molecule has 0 bridgehead atoms. The van der Waals surface area contributed by atoms with E-state index in [1.807, 2.05) is 0 Å². The predicted molar refractivity (Wildman–Crippen MR) is 85.5 cm³/mol. The zero-order valence-electron chi connectivity index (χ0n) is 14.2. The third-order valence-corrected chi connectivity index (χ3v) is 8.43. The maximum Gasteiger partial charge on any atom is 0.139 e. The first-order valence-electron chi connectivity index (χ1n) is 9.36. The van der Waals surface area contributed by atoms with Crippen LogP contribution in [0.3, 0.4) is 0 Å². The molecule has 0 aromatic carbocycles. The first kappa shape index (κ1) is 16.0. The van der Waals surface area contributed by atoms with E-state index in [2.05, 4.69) is 13.8 Å². The summed E-state index contributed by atoms with van der Waals surface area (Å²) in [4.78, 5) is 12.4. The second-order valence-corrected chi connectivity index (χ2v) is 9.23. The molecule has 4 fully saturated rings. The van der Waals surface area contributed by atoms with Crippen molar-refractivity contribution in [2.24, 2.45) is 34.5 Å². The van der Waals surface area contributed by atoms with Crippen LogP contribution >= 0.6 is 0 Å². The minimum atomic E-state index is -0.769. The van der Waals surface area contributed by atoms with Gasteiger partial charge in [0.1, 0.15) is 5.78 Å². The van der Waals surface area contributed by atoms with E-state index in [4.69, 9.17) is 0 Å². The largest absolute Gasteiger partial charge is 0.393 e. The summed E-state index contributed by atoms with van der Waals surface area (Å²) >= 11 is 0. The number of hydrogen-bond acceptors (Lipinski definition) is 4. The lowest BCUT2D eigenvalue weighted by molar-refractivity contribution is -0.219. The van der Waals surface area contributed by atoms with E-state index in [-0.39, 0.29) is 34.7 Å². The van der Waals surface area contributed by atoms with Crippen LogP contribution in [-0.2, 0) is 4.79 Å². The summed E-state index contributed by atoms with van der Waals surface area (Å²) in [6, 6.07) is 0. The van der Waals surface area contributed by atoms with Gasteiger partial charge in [0.05, 0.1) is 18.3 Å². The summed E-state index contributed by atoms with van der Waals surface area (Å²) in [6.45, 7) is 4.34. The molecule has 23 heavy (non-hydrogen) atoms. The van der Waals surface area contributed by atoms with E-state index in [0.717, 1.165) is 32.1 Å². The number of carbonyl (C=O) groups is 1. The monoisotopic (exact) mass is 322 g/mol. The number of ketones is 1. The Bertz CT molecular complexity index is 519. The Morgan fingerprint density at radius 2 is 1.65 bits per heavy atom. The minimum absolute atomic E-state index is 0.0183. The molecule has 0 heterocycles. The van der Waals surface area contributed by atoms with E-state index >= 15 is 0 Å². The van der Waals surface area contributed by atoms with Crippen LogP contribution < -0.4 is 0 Å². The van der Waals surface area contributed by atoms with Crippen molar-refractivity contribution in [2.45, 2.75) is 77.1 Å². The number of Topliss-reactive ketones (excluding diaryl/α,β-unsaturated/α-hetero) is 1. The molecule has 0 radical (unpaired) electrons. The SMILES string of the molecule is C[C@]12CC[C@H](O)CC1[C@@H](O)C(O)C1C2CC[C@]2(C)C(=O)CCC12. The highest BCUT2D eigenvalue weighted by molar-refractivity contribution is 5.87. The van der Waals surface area contributed by atoms with Crippen LogP contribution in [0.5, 0.6) is 0 Å². The maximum atomic E-state index is 12.4. The molecule has 0 amide bonds. The summed E-state index contributed by atoms with van der Waals surface area (Å²) in [5, 5.41) is 31.8. The number of fused-ring (bicyclic) bond motifs is 5. The lowest BCUT2D eigenvalue weighted by Crippen LogP contribution is -2.64. The highest BCUT2D eigenvalue weighted by Gasteiger charge is 2.64. The van der Waals surface area contributed by atoms with E-state index < -0.39 is 12.2 Å². The van der Waals surface area contributed by atoms with Crippen LogP contribution in [0.1, 0.15) is 58.8 Å². The van der Waals surface area contributed by atoms with Crippen molar-refractivity contribution in [2.75, 3.05) is 0 Å². The van der Waals surface area contributed by atoms with Gasteiger partial charge in [-0.15, -0.1) is 0 Å². The van der Waals surface area contributed by atoms with Gasteiger partial charge in [-0.1, -0.05) is 13.8 Å². The predicted octanol–water partition coefficient (Wildman–Crippen LogP) is 1.90. The van der Waals surface area contributed by atoms with E-state index in [9.17, 15) is 20.1 Å². The molecule has 4 saturated carbocycles. The van der Waals surface area contributed by atoms with Gasteiger partial charge in [-0.2, -0.15) is 0 Å². The average molecular weight is 322 g/mol. The Labute approximate surface area is 138 Å². The highest BCUT2D eigenvalue weighted by atomic mass is 16.3. The fraction of sp³-hybridized carbons (Fsp3) is 0.947. The Morgan fingerprint density at radius 1 is 0.913 bits per heavy atom. The standard InChI is InChI=1S/C19H30O4/c1-18-7-5-10(20)9-13(18)16(22)17(23)15-11-3-4-14(21)19(11,2)8-6-12(15)18/h10-13,15-17,20,22-23H,3-9H2,1-2H3/t10-,11?,12?,13?,15?,16+,17?,18+,19-/m0/s1. The molecule has 5 unspecified atom stereocenters. The second kappa shape index (κ2) is 5.03. The molecule has 4 nitrogen and oxygen atoms in total. The number of carbonyl (C=O) groups excluding carboxylic acids is 1. The Kier molecular flexibility index (Phi) is 3.51. The topological polar surface area (TPSA) is 77.8 Å². The van der Waals surface area contributed by atoms with E-state index in [0.29, 0.717) is 24.5 Å². The molecule has 0 aliphatic heterocycles. The van der Waals surface area contributed by atoms with Crippen LogP contribution in [0, 0.1) is 34.5 Å². The molecule has 9 atom stereocenters. The maximum absolute atomic E-state index is 12.4. The van der Waals surface area contributed by atoms with Crippen molar-refractivity contribution >= 4 is 5.78 Å². The first-order chi connectivity index (χ1) is 10.8. The number of aliphatic hydroxyl groups is 3. The fourth-order valence-electron chi connectivity index (χ4n) is 7.01. The normalized spacial score (nSPS) is 59.2. The van der Waals surface area contributed by atoms with Gasteiger partial charge in [-0.3, -0.25) is 4.79 Å². The van der Waals surface area contributed by atoms with Crippen LogP contribution in [0.4, 0.5) is 0 Å². The van der Waals surface area contributed by atoms with Crippen molar-refractivity contribution in [3.05, 3.63) is 0 Å². The molecule has 4 rings (SSSR count). The summed E-state index contributed by atoms with van der Waals surface area (Å²) in [5.41, 5.74) is -0.311. The third kappa shape index (κ3) is 1.98. The Hall–Kier alpha value is -0.450. The summed E-state index contributed by atoms with van der Waals surface area (Å²) in [6.07, 6.45) is 3.82. The van der Waals surface area contributed by atoms with Gasteiger partial charge >= 0.3 is 0 Å². The van der Waals surface area contributed by atoms with Crippen molar-refractivity contribution in [1.82, 2.24) is 0 Å². The molecule has 0 aromatic heterocycles. The molecule has 130 valence electrons. The molecule has 0 spiro atoms. The van der Waals surface area contributed by atoms with E-state index in [1.54, 1.807) is 0 Å². The van der Waals surface area contributed by atoms with Gasteiger partial charge < -0.3 is 15.3 Å². The van der Waals surface area contributed by atoms with Crippen LogP contribution in [-0.4, -0.2) is 39.4 Å². The molecular weight excluding hydrogens is 292 g/mol. The molecule has 4 aliphatic carbocycles. The molecule has 3 N–H and O–H groups in total. The molecular formula is C19H30O4. The van der Waals surface area contributed by atoms with Gasteiger partial charge in [0.2, 0.25) is 0 Å². The van der Waals surface area contributed by atoms with Crippen molar-refractivity contribution in [3.63, 3.8) is 0 Å². The van der Waals surface area contributed by atoms with E-state index in [1.165, 1.54) is 0 Å². The zero-order valence-corrected chi connectivity index (χ0v) is 14.2. The van der Waals surface area contributed by atoms with Crippen LogP contribution in [0.2, 0.25) is 0 Å². The lowest BCUT2D eigenvalue weighted by atomic mass is 9.44. The first-order valence-corrected chi connectivity index (χ1v) is 9.36. The number of hydrogen-bond donors (Lipinski definition) is 3. The van der Waals surface area contributed by atoms with Gasteiger partial charge in [-0.25, -0.2) is 0 Å².